The van der Waals surface area contributed by atoms with Crippen molar-refractivity contribution in [1.29, 1.82) is 0 Å². The van der Waals surface area contributed by atoms with Crippen LogP contribution in [0.15, 0.2) is 35.5 Å². The van der Waals surface area contributed by atoms with Crippen molar-refractivity contribution < 1.29 is 9.59 Å². The first-order chi connectivity index (χ1) is 11.0. The summed E-state index contributed by atoms with van der Waals surface area (Å²) in [5.74, 6) is 0.390. The van der Waals surface area contributed by atoms with Gasteiger partial charge < -0.3 is 10.3 Å². The first-order valence-electron chi connectivity index (χ1n) is 7.24. The Kier molecular flexibility index (Phi) is 5.75. The SMILES string of the molecule is CCn1c(Cc2ccccc2)nnc1S[C@@H](C)C(=O)NC(N)=O. The number of benzene rings is 1. The largest absolute Gasteiger partial charge is 0.351 e. The van der Waals surface area contributed by atoms with Crippen LogP contribution in [0.2, 0.25) is 0 Å². The molecule has 2 aromatic rings. The summed E-state index contributed by atoms with van der Waals surface area (Å²) in [5.41, 5.74) is 6.10. The number of urea groups is 1. The maximum absolute atomic E-state index is 11.8. The van der Waals surface area contributed by atoms with Gasteiger partial charge in [0.25, 0.3) is 0 Å². The summed E-state index contributed by atoms with van der Waals surface area (Å²) >= 11 is 1.25. The number of primary amides is 1. The Hall–Kier alpha value is -2.35. The van der Waals surface area contributed by atoms with Crippen molar-refractivity contribution in [2.24, 2.45) is 5.73 Å². The van der Waals surface area contributed by atoms with E-state index in [0.29, 0.717) is 18.1 Å². The number of hydrogen-bond donors (Lipinski definition) is 2. The van der Waals surface area contributed by atoms with Crippen molar-refractivity contribution in [3.05, 3.63) is 41.7 Å². The molecule has 0 fully saturated rings. The third-order valence-electron chi connectivity index (χ3n) is 3.21. The van der Waals surface area contributed by atoms with Gasteiger partial charge in [0.05, 0.1) is 5.25 Å². The normalized spacial score (nSPS) is 11.9. The number of nitrogens with two attached hydrogens (primary N) is 1. The molecule has 0 saturated carbocycles. The Labute approximate surface area is 138 Å². The molecular weight excluding hydrogens is 314 g/mol. The molecule has 0 unspecified atom stereocenters. The van der Waals surface area contributed by atoms with E-state index < -0.39 is 17.2 Å². The molecule has 1 aromatic heterocycles. The fourth-order valence-electron chi connectivity index (χ4n) is 2.07. The first kappa shape index (κ1) is 17.0. The van der Waals surface area contributed by atoms with Gasteiger partial charge in [0, 0.05) is 13.0 Å². The highest BCUT2D eigenvalue weighted by Crippen LogP contribution is 2.23. The number of thioether (sulfide) groups is 1. The molecule has 0 radical (unpaired) electrons. The fraction of sp³-hybridized carbons (Fsp3) is 0.333. The summed E-state index contributed by atoms with van der Waals surface area (Å²) in [7, 11) is 0. The van der Waals surface area contributed by atoms with Crippen LogP contribution < -0.4 is 11.1 Å². The Balaban J connectivity index is 2.11. The molecule has 0 aliphatic heterocycles. The second kappa shape index (κ2) is 7.77. The van der Waals surface area contributed by atoms with Crippen molar-refractivity contribution in [2.45, 2.75) is 37.2 Å². The van der Waals surface area contributed by atoms with Crippen LogP contribution in [0.4, 0.5) is 4.79 Å². The predicted octanol–water partition coefficient (Wildman–Crippen LogP) is 1.56. The quantitative estimate of drug-likeness (QED) is 0.781. The molecule has 2 rings (SSSR count). The molecule has 8 heteroatoms. The molecular formula is C15H19N5O2S. The summed E-state index contributed by atoms with van der Waals surface area (Å²) in [6, 6.07) is 9.13. The number of rotatable bonds is 6. The van der Waals surface area contributed by atoms with Crippen molar-refractivity contribution in [2.75, 3.05) is 0 Å². The molecule has 0 aliphatic carbocycles. The molecule has 0 saturated heterocycles. The number of imide groups is 1. The number of hydrogen-bond acceptors (Lipinski definition) is 5. The van der Waals surface area contributed by atoms with E-state index in [2.05, 4.69) is 15.5 Å². The summed E-state index contributed by atoms with van der Waals surface area (Å²) < 4.78 is 1.96. The minimum Gasteiger partial charge on any atom is -0.351 e. The average Bonchev–Trinajstić information content (AvgIpc) is 2.89. The summed E-state index contributed by atoms with van der Waals surface area (Å²) in [6.45, 7) is 4.38. The minimum absolute atomic E-state index is 0.447. The number of carbonyl (C=O) groups is 2. The molecule has 3 amide bonds. The number of nitrogens with one attached hydrogen (secondary N) is 1. The summed E-state index contributed by atoms with van der Waals surface area (Å²) in [5, 5.41) is 10.6. The van der Waals surface area contributed by atoms with Crippen LogP contribution in [0.1, 0.15) is 25.2 Å². The maximum atomic E-state index is 11.8. The molecule has 0 bridgehead atoms. The monoisotopic (exact) mass is 333 g/mol. The first-order valence-corrected chi connectivity index (χ1v) is 8.12. The lowest BCUT2D eigenvalue weighted by atomic mass is 10.1. The van der Waals surface area contributed by atoms with Crippen molar-refractivity contribution in [3.8, 4) is 0 Å². The Morgan fingerprint density at radius 2 is 2.00 bits per heavy atom. The third-order valence-corrected chi connectivity index (χ3v) is 4.29. The molecule has 7 nitrogen and oxygen atoms in total. The van der Waals surface area contributed by atoms with Crippen molar-refractivity contribution in [3.63, 3.8) is 0 Å². The van der Waals surface area contributed by atoms with E-state index in [1.165, 1.54) is 11.8 Å². The zero-order valence-corrected chi connectivity index (χ0v) is 13.8. The van der Waals surface area contributed by atoms with Gasteiger partial charge in [-0.3, -0.25) is 10.1 Å². The van der Waals surface area contributed by atoms with Crippen LogP contribution in [0.5, 0.6) is 0 Å². The highest BCUT2D eigenvalue weighted by molar-refractivity contribution is 8.00. The van der Waals surface area contributed by atoms with Gasteiger partial charge in [-0.15, -0.1) is 10.2 Å². The van der Waals surface area contributed by atoms with E-state index in [-0.39, 0.29) is 0 Å². The molecule has 1 aromatic carbocycles. The molecule has 1 heterocycles. The number of aromatic nitrogens is 3. The van der Waals surface area contributed by atoms with Crippen LogP contribution in [-0.4, -0.2) is 32.0 Å². The molecule has 0 aliphatic rings. The van der Waals surface area contributed by atoms with Crippen LogP contribution in [-0.2, 0) is 17.8 Å². The van der Waals surface area contributed by atoms with E-state index in [4.69, 9.17) is 5.73 Å². The highest BCUT2D eigenvalue weighted by atomic mass is 32.2. The fourth-order valence-corrected chi connectivity index (χ4v) is 3.00. The lowest BCUT2D eigenvalue weighted by molar-refractivity contribution is -0.119. The zero-order valence-electron chi connectivity index (χ0n) is 13.0. The van der Waals surface area contributed by atoms with Crippen LogP contribution >= 0.6 is 11.8 Å². The van der Waals surface area contributed by atoms with E-state index in [1.807, 2.05) is 41.8 Å². The lowest BCUT2D eigenvalue weighted by Crippen LogP contribution is -2.39. The predicted molar refractivity (Wildman–Crippen MR) is 88.0 cm³/mol. The van der Waals surface area contributed by atoms with Gasteiger partial charge in [0.2, 0.25) is 5.91 Å². The number of carbonyl (C=O) groups excluding carboxylic acids is 2. The smallest absolute Gasteiger partial charge is 0.318 e. The van der Waals surface area contributed by atoms with Gasteiger partial charge in [-0.2, -0.15) is 0 Å². The van der Waals surface area contributed by atoms with E-state index in [9.17, 15) is 9.59 Å². The van der Waals surface area contributed by atoms with E-state index >= 15 is 0 Å². The molecule has 122 valence electrons. The molecule has 1 atom stereocenters. The van der Waals surface area contributed by atoms with E-state index in [1.54, 1.807) is 6.92 Å². The topological polar surface area (TPSA) is 103 Å². The van der Waals surface area contributed by atoms with Crippen LogP contribution in [0.3, 0.4) is 0 Å². The van der Waals surface area contributed by atoms with Gasteiger partial charge in [0.15, 0.2) is 5.16 Å². The van der Waals surface area contributed by atoms with Crippen LogP contribution in [0.25, 0.3) is 0 Å². The Morgan fingerprint density at radius 1 is 1.30 bits per heavy atom. The molecule has 0 spiro atoms. The van der Waals surface area contributed by atoms with Gasteiger partial charge in [-0.1, -0.05) is 42.1 Å². The van der Waals surface area contributed by atoms with Gasteiger partial charge in [0.1, 0.15) is 5.82 Å². The standard InChI is InChI=1S/C15H19N5O2S/c1-3-20-12(9-11-7-5-4-6-8-11)18-19-15(20)23-10(2)13(21)17-14(16)22/h4-8,10H,3,9H2,1-2H3,(H3,16,17,21,22)/t10-/m0/s1. The second-order valence-corrected chi connectivity index (χ2v) is 6.23. The Bertz CT molecular complexity index is 686. The molecule has 3 N–H and O–H groups in total. The Morgan fingerprint density at radius 3 is 2.61 bits per heavy atom. The maximum Gasteiger partial charge on any atom is 0.318 e. The van der Waals surface area contributed by atoms with Gasteiger partial charge >= 0.3 is 6.03 Å². The van der Waals surface area contributed by atoms with Gasteiger partial charge in [-0.25, -0.2) is 4.79 Å². The highest BCUT2D eigenvalue weighted by Gasteiger charge is 2.20. The lowest BCUT2D eigenvalue weighted by Gasteiger charge is -2.11. The minimum atomic E-state index is -0.857. The average molecular weight is 333 g/mol. The third kappa shape index (κ3) is 4.56. The van der Waals surface area contributed by atoms with Gasteiger partial charge in [-0.05, 0) is 19.4 Å². The zero-order chi connectivity index (χ0) is 16.8. The number of nitrogens with zero attached hydrogens (tertiary/aromatic N) is 3. The number of amides is 3. The molecule has 23 heavy (non-hydrogen) atoms. The second-order valence-electron chi connectivity index (χ2n) is 4.92. The summed E-state index contributed by atoms with van der Waals surface area (Å²) in [6.07, 6.45) is 0.671. The van der Waals surface area contributed by atoms with Crippen molar-refractivity contribution in [1.82, 2.24) is 20.1 Å². The van der Waals surface area contributed by atoms with Crippen molar-refractivity contribution >= 4 is 23.7 Å². The van der Waals surface area contributed by atoms with Crippen LogP contribution in [0, 0.1) is 0 Å². The summed E-state index contributed by atoms with van der Waals surface area (Å²) in [4.78, 5) is 22.5. The van der Waals surface area contributed by atoms with E-state index in [0.717, 1.165) is 11.4 Å².